The summed E-state index contributed by atoms with van der Waals surface area (Å²) in [5.74, 6) is 1.86. The maximum absolute atomic E-state index is 6.15. The van der Waals surface area contributed by atoms with Crippen LogP contribution < -0.4 is 9.64 Å². The van der Waals surface area contributed by atoms with Crippen LogP contribution in [0.1, 0.15) is 11.1 Å². The van der Waals surface area contributed by atoms with Crippen molar-refractivity contribution in [1.29, 1.82) is 0 Å². The smallest absolute Gasteiger partial charge is 0.142 e. The van der Waals surface area contributed by atoms with Crippen LogP contribution in [0.5, 0.6) is 5.75 Å². The average molecular weight is 355 g/mol. The number of nitrogens with zero attached hydrogens (tertiary/aromatic N) is 1. The molecule has 0 fully saturated rings. The zero-order valence-electron chi connectivity index (χ0n) is 15.0. The minimum Gasteiger partial charge on any atom is -0.490 e. The van der Waals surface area contributed by atoms with E-state index in [0.717, 1.165) is 29.3 Å². The summed E-state index contributed by atoms with van der Waals surface area (Å²) in [4.78, 5) is 2.43. The molecule has 2 aliphatic heterocycles. The van der Waals surface area contributed by atoms with E-state index in [-0.39, 0.29) is 5.54 Å². The number of rotatable bonds is 3. The highest BCUT2D eigenvalue weighted by Crippen LogP contribution is 2.43. The van der Waals surface area contributed by atoms with Crippen LogP contribution in [0.15, 0.2) is 91.0 Å². The van der Waals surface area contributed by atoms with Crippen molar-refractivity contribution in [2.75, 3.05) is 18.1 Å². The molecular weight excluding hydrogens is 334 g/mol. The average Bonchev–Trinajstić information content (AvgIpc) is 3.17. The summed E-state index contributed by atoms with van der Waals surface area (Å²) in [5, 5.41) is 0. The van der Waals surface area contributed by atoms with Gasteiger partial charge in [0.25, 0.3) is 0 Å². The van der Waals surface area contributed by atoms with Gasteiger partial charge in [-0.15, -0.1) is 0 Å². The van der Waals surface area contributed by atoms with Gasteiger partial charge in [0.2, 0.25) is 0 Å². The van der Waals surface area contributed by atoms with Crippen molar-refractivity contribution < 1.29 is 9.47 Å². The zero-order chi connectivity index (χ0) is 18.1. The van der Waals surface area contributed by atoms with E-state index in [0.29, 0.717) is 13.2 Å². The molecule has 0 amide bonds. The van der Waals surface area contributed by atoms with Crippen LogP contribution >= 0.6 is 0 Å². The third-order valence-electron chi connectivity index (χ3n) is 5.29. The van der Waals surface area contributed by atoms with E-state index < -0.39 is 0 Å². The molecule has 3 nitrogen and oxygen atoms in total. The number of para-hydroxylation sites is 2. The summed E-state index contributed by atoms with van der Waals surface area (Å²) in [6.45, 7) is 1.97. The van der Waals surface area contributed by atoms with Crippen LogP contribution in [0.4, 0.5) is 5.69 Å². The van der Waals surface area contributed by atoms with E-state index in [1.54, 1.807) is 0 Å². The van der Waals surface area contributed by atoms with Crippen molar-refractivity contribution in [2.24, 2.45) is 0 Å². The molecule has 134 valence electrons. The highest BCUT2D eigenvalue weighted by atomic mass is 16.5. The normalized spacial score (nSPS) is 20.6. The highest BCUT2D eigenvalue weighted by Gasteiger charge is 2.45. The first-order valence-corrected chi connectivity index (χ1v) is 9.29. The molecule has 3 aromatic rings. The predicted molar refractivity (Wildman–Crippen MR) is 108 cm³/mol. The molecule has 0 N–H and O–H groups in total. The van der Waals surface area contributed by atoms with E-state index in [9.17, 15) is 0 Å². The van der Waals surface area contributed by atoms with Crippen molar-refractivity contribution in [2.45, 2.75) is 12.1 Å². The second-order valence-corrected chi connectivity index (χ2v) is 7.10. The fourth-order valence-electron chi connectivity index (χ4n) is 3.87. The number of ether oxygens (including phenoxy) is 2. The second-order valence-electron chi connectivity index (χ2n) is 7.10. The summed E-state index contributed by atoms with van der Waals surface area (Å²) >= 11 is 0. The molecule has 3 aromatic carbocycles. The Bertz CT molecular complexity index is 968. The highest BCUT2D eigenvalue weighted by molar-refractivity contribution is 5.70. The van der Waals surface area contributed by atoms with E-state index in [2.05, 4.69) is 65.6 Å². The van der Waals surface area contributed by atoms with E-state index in [4.69, 9.17) is 9.47 Å². The summed E-state index contributed by atoms with van der Waals surface area (Å²) in [6, 6.07) is 29.1. The Labute approximate surface area is 159 Å². The van der Waals surface area contributed by atoms with Gasteiger partial charge in [0.05, 0.1) is 5.69 Å². The van der Waals surface area contributed by atoms with Gasteiger partial charge < -0.3 is 14.4 Å². The predicted octanol–water partition coefficient (Wildman–Crippen LogP) is 4.90. The number of fused-ring (bicyclic) bond motifs is 1. The van der Waals surface area contributed by atoms with Crippen molar-refractivity contribution in [3.63, 3.8) is 0 Å². The van der Waals surface area contributed by atoms with Crippen LogP contribution in [0.25, 0.3) is 5.76 Å². The van der Waals surface area contributed by atoms with Gasteiger partial charge in [0.1, 0.15) is 30.3 Å². The van der Waals surface area contributed by atoms with E-state index >= 15 is 0 Å². The van der Waals surface area contributed by atoms with Gasteiger partial charge in [-0.1, -0.05) is 72.8 Å². The first-order chi connectivity index (χ1) is 13.3. The minimum absolute atomic E-state index is 0.310. The first-order valence-electron chi connectivity index (χ1n) is 9.29. The molecule has 1 atom stereocenters. The molecule has 5 rings (SSSR count). The summed E-state index contributed by atoms with van der Waals surface area (Å²) in [6.07, 6.45) is 2.24. The van der Waals surface area contributed by atoms with Crippen molar-refractivity contribution in [3.8, 4) is 5.75 Å². The molecule has 0 bridgehead atoms. The van der Waals surface area contributed by atoms with Gasteiger partial charge >= 0.3 is 0 Å². The molecule has 2 heterocycles. The molecule has 0 aliphatic carbocycles. The third kappa shape index (κ3) is 2.85. The minimum atomic E-state index is -0.310. The number of hydrogen-bond acceptors (Lipinski definition) is 3. The molecule has 27 heavy (non-hydrogen) atoms. The Balaban J connectivity index is 1.57. The Morgan fingerprint density at radius 2 is 1.41 bits per heavy atom. The molecule has 1 spiro atoms. The van der Waals surface area contributed by atoms with Crippen molar-refractivity contribution >= 4 is 11.4 Å². The van der Waals surface area contributed by atoms with Gasteiger partial charge in [-0.05, 0) is 23.8 Å². The second kappa shape index (κ2) is 6.51. The molecule has 0 saturated carbocycles. The SMILES string of the molecule is C1=C(c2ccccc2)OC[C@@]12COc1ccccc1N2Cc1ccccc1. The standard InChI is InChI=1S/C24H21NO2/c1-3-9-19(10-4-1)16-25-21-13-7-8-14-22(21)26-17-24(25)15-23(27-18-24)20-11-5-2-6-12-20/h1-15H,16-18H2/t24-/m0/s1. The van der Waals surface area contributed by atoms with E-state index in [1.807, 2.05) is 30.3 Å². The van der Waals surface area contributed by atoms with Crippen LogP contribution in [0.2, 0.25) is 0 Å². The number of anilines is 1. The van der Waals surface area contributed by atoms with Gasteiger partial charge in [-0.25, -0.2) is 0 Å². The van der Waals surface area contributed by atoms with Crippen LogP contribution in [0.3, 0.4) is 0 Å². The molecule has 3 heteroatoms. The fraction of sp³-hybridized carbons (Fsp3) is 0.167. The Hall–Kier alpha value is -3.20. The topological polar surface area (TPSA) is 21.7 Å². The lowest BCUT2D eigenvalue weighted by Gasteiger charge is -2.44. The van der Waals surface area contributed by atoms with Gasteiger partial charge in [0, 0.05) is 12.1 Å². The maximum atomic E-state index is 6.15. The first kappa shape index (κ1) is 16.0. The van der Waals surface area contributed by atoms with Crippen LogP contribution in [-0.2, 0) is 11.3 Å². The lowest BCUT2D eigenvalue weighted by Crippen LogP contribution is -2.55. The van der Waals surface area contributed by atoms with Gasteiger partial charge in [-0.2, -0.15) is 0 Å². The van der Waals surface area contributed by atoms with Gasteiger partial charge in [-0.3, -0.25) is 0 Å². The Morgan fingerprint density at radius 3 is 2.22 bits per heavy atom. The maximum Gasteiger partial charge on any atom is 0.142 e. The lowest BCUT2D eigenvalue weighted by atomic mass is 9.94. The molecule has 0 radical (unpaired) electrons. The molecular formula is C24H21NO2. The molecule has 0 aromatic heterocycles. The monoisotopic (exact) mass is 355 g/mol. The fourth-order valence-corrected chi connectivity index (χ4v) is 3.87. The summed E-state index contributed by atoms with van der Waals surface area (Å²) < 4.78 is 12.3. The summed E-state index contributed by atoms with van der Waals surface area (Å²) in [5.41, 5.74) is 3.18. The van der Waals surface area contributed by atoms with E-state index in [1.165, 1.54) is 5.56 Å². The van der Waals surface area contributed by atoms with Crippen molar-refractivity contribution in [1.82, 2.24) is 0 Å². The largest absolute Gasteiger partial charge is 0.490 e. The molecule has 0 saturated heterocycles. The quantitative estimate of drug-likeness (QED) is 0.667. The Morgan fingerprint density at radius 1 is 0.741 bits per heavy atom. The Kier molecular flexibility index (Phi) is 3.86. The van der Waals surface area contributed by atoms with Gasteiger partial charge in [0.15, 0.2) is 0 Å². The van der Waals surface area contributed by atoms with Crippen LogP contribution in [-0.4, -0.2) is 18.8 Å². The number of hydrogen-bond donors (Lipinski definition) is 0. The number of benzene rings is 3. The van der Waals surface area contributed by atoms with Crippen LogP contribution in [0, 0.1) is 0 Å². The zero-order valence-corrected chi connectivity index (χ0v) is 15.0. The molecule has 2 aliphatic rings. The third-order valence-corrected chi connectivity index (χ3v) is 5.29. The lowest BCUT2D eigenvalue weighted by molar-refractivity contribution is 0.162. The summed E-state index contributed by atoms with van der Waals surface area (Å²) in [7, 11) is 0. The molecule has 0 unspecified atom stereocenters. The van der Waals surface area contributed by atoms with Crippen molar-refractivity contribution in [3.05, 3.63) is 102 Å².